The highest BCUT2D eigenvalue weighted by Gasteiger charge is 2.35. The molecule has 1 atom stereocenters. The van der Waals surface area contributed by atoms with E-state index in [1.54, 1.807) is 24.5 Å². The van der Waals surface area contributed by atoms with Gasteiger partial charge in [-0.1, -0.05) is 13.0 Å². The number of nitriles is 1. The van der Waals surface area contributed by atoms with Crippen molar-refractivity contribution in [2.45, 2.75) is 19.3 Å². The van der Waals surface area contributed by atoms with E-state index in [1.807, 2.05) is 32.0 Å². The molecule has 3 N–H and O–H groups in total. The van der Waals surface area contributed by atoms with Crippen LogP contribution < -0.4 is 10.6 Å². The summed E-state index contributed by atoms with van der Waals surface area (Å²) in [4.78, 5) is 13.4. The van der Waals surface area contributed by atoms with Crippen molar-refractivity contribution < 1.29 is 5.11 Å². The standard InChI is InChI=1S/C21H20N6O/c1-13-3-4-14(9-22)7-18(13)27-20-23-6-5-17(26-20)15-8-16-19(24-10-15)25-11-21(16,2)12-28/h3-8,10,28H,11-12H2,1-2H3,(H,24,25)(H,23,26,27). The normalized spacial score (nSPS) is 17.5. The minimum Gasteiger partial charge on any atom is -0.395 e. The number of aliphatic hydroxyl groups excluding tert-OH is 1. The minimum atomic E-state index is -0.360. The lowest BCUT2D eigenvalue weighted by Crippen LogP contribution is -2.28. The van der Waals surface area contributed by atoms with Crippen molar-refractivity contribution in [3.63, 3.8) is 0 Å². The van der Waals surface area contributed by atoms with Crippen molar-refractivity contribution in [1.29, 1.82) is 5.26 Å². The van der Waals surface area contributed by atoms with Crippen molar-refractivity contribution in [2.24, 2.45) is 0 Å². The number of nitrogens with zero attached hydrogens (tertiary/aromatic N) is 4. The van der Waals surface area contributed by atoms with E-state index in [0.717, 1.165) is 33.9 Å². The van der Waals surface area contributed by atoms with Gasteiger partial charge in [0.1, 0.15) is 5.82 Å². The molecular formula is C21H20N6O. The average Bonchev–Trinajstić information content (AvgIpc) is 3.07. The van der Waals surface area contributed by atoms with Gasteiger partial charge < -0.3 is 15.7 Å². The first kappa shape index (κ1) is 17.9. The first-order chi connectivity index (χ1) is 13.5. The maximum Gasteiger partial charge on any atom is 0.227 e. The molecule has 4 rings (SSSR count). The fraction of sp³-hybridized carbons (Fsp3) is 0.238. The summed E-state index contributed by atoms with van der Waals surface area (Å²) in [6, 6.07) is 11.4. The second kappa shape index (κ2) is 6.91. The lowest BCUT2D eigenvalue weighted by molar-refractivity contribution is 0.218. The Labute approximate surface area is 163 Å². The molecule has 3 heterocycles. The van der Waals surface area contributed by atoms with E-state index in [4.69, 9.17) is 5.26 Å². The van der Waals surface area contributed by atoms with E-state index < -0.39 is 0 Å². The van der Waals surface area contributed by atoms with Gasteiger partial charge >= 0.3 is 0 Å². The van der Waals surface area contributed by atoms with Crippen LogP contribution in [0, 0.1) is 18.3 Å². The Morgan fingerprint density at radius 1 is 1.29 bits per heavy atom. The zero-order valence-corrected chi connectivity index (χ0v) is 15.7. The maximum absolute atomic E-state index is 9.78. The fourth-order valence-corrected chi connectivity index (χ4v) is 3.25. The Morgan fingerprint density at radius 2 is 2.14 bits per heavy atom. The summed E-state index contributed by atoms with van der Waals surface area (Å²) in [6.45, 7) is 4.67. The zero-order chi connectivity index (χ0) is 19.7. The van der Waals surface area contributed by atoms with Gasteiger partial charge in [-0.25, -0.2) is 15.0 Å². The van der Waals surface area contributed by atoms with Gasteiger partial charge in [-0.15, -0.1) is 0 Å². The molecule has 1 aliphatic rings. The third kappa shape index (κ3) is 3.15. The van der Waals surface area contributed by atoms with Crippen LogP contribution in [-0.4, -0.2) is 33.2 Å². The van der Waals surface area contributed by atoms with Gasteiger partial charge in [-0.3, -0.25) is 0 Å². The number of aryl methyl sites for hydroxylation is 1. The molecule has 7 nitrogen and oxygen atoms in total. The first-order valence-electron chi connectivity index (χ1n) is 8.99. The minimum absolute atomic E-state index is 0.0449. The molecule has 1 aliphatic heterocycles. The first-order valence-corrected chi connectivity index (χ1v) is 8.99. The van der Waals surface area contributed by atoms with Crippen LogP contribution in [0.5, 0.6) is 0 Å². The molecule has 7 heteroatoms. The third-order valence-electron chi connectivity index (χ3n) is 5.10. The van der Waals surface area contributed by atoms with Crippen LogP contribution >= 0.6 is 0 Å². The number of nitrogens with one attached hydrogen (secondary N) is 2. The van der Waals surface area contributed by atoms with E-state index >= 15 is 0 Å². The number of pyridine rings is 1. The summed E-state index contributed by atoms with van der Waals surface area (Å²) in [5, 5.41) is 25.3. The van der Waals surface area contributed by atoms with Crippen LogP contribution in [-0.2, 0) is 5.41 Å². The van der Waals surface area contributed by atoms with Crippen LogP contribution in [0.1, 0.15) is 23.6 Å². The molecule has 0 bridgehead atoms. The Kier molecular flexibility index (Phi) is 4.41. The van der Waals surface area contributed by atoms with Crippen molar-refractivity contribution >= 4 is 17.5 Å². The van der Waals surface area contributed by atoms with Crippen molar-refractivity contribution in [1.82, 2.24) is 15.0 Å². The summed E-state index contributed by atoms with van der Waals surface area (Å²) in [5.74, 6) is 1.25. The molecule has 140 valence electrons. The number of rotatable bonds is 4. The largest absolute Gasteiger partial charge is 0.395 e. The molecule has 28 heavy (non-hydrogen) atoms. The van der Waals surface area contributed by atoms with Gasteiger partial charge in [0.2, 0.25) is 5.95 Å². The van der Waals surface area contributed by atoms with Gasteiger partial charge in [0.25, 0.3) is 0 Å². The van der Waals surface area contributed by atoms with Crippen LogP contribution in [0.15, 0.2) is 42.7 Å². The molecule has 2 aromatic heterocycles. The van der Waals surface area contributed by atoms with Gasteiger partial charge in [-0.05, 0) is 36.8 Å². The summed E-state index contributed by atoms with van der Waals surface area (Å²) in [5.41, 5.74) is 4.57. The van der Waals surface area contributed by atoms with Crippen LogP contribution in [0.2, 0.25) is 0 Å². The highest BCUT2D eigenvalue weighted by Crippen LogP contribution is 2.37. The fourth-order valence-electron chi connectivity index (χ4n) is 3.25. The van der Waals surface area contributed by atoms with E-state index in [2.05, 4.69) is 31.7 Å². The number of hydrogen-bond acceptors (Lipinski definition) is 7. The van der Waals surface area contributed by atoms with E-state index in [1.165, 1.54) is 0 Å². The van der Waals surface area contributed by atoms with Crippen LogP contribution in [0.4, 0.5) is 17.5 Å². The van der Waals surface area contributed by atoms with Crippen LogP contribution in [0.25, 0.3) is 11.3 Å². The van der Waals surface area contributed by atoms with E-state index in [9.17, 15) is 5.11 Å². The Morgan fingerprint density at radius 3 is 2.93 bits per heavy atom. The summed E-state index contributed by atoms with van der Waals surface area (Å²) in [7, 11) is 0. The second-order valence-corrected chi connectivity index (χ2v) is 7.22. The van der Waals surface area contributed by atoms with Crippen molar-refractivity contribution in [3.05, 3.63) is 59.4 Å². The number of benzene rings is 1. The number of aromatic nitrogens is 3. The topological polar surface area (TPSA) is 107 Å². The molecule has 3 aromatic rings. The Bertz CT molecular complexity index is 1090. The predicted molar refractivity (Wildman–Crippen MR) is 107 cm³/mol. The highest BCUT2D eigenvalue weighted by molar-refractivity contribution is 5.68. The summed E-state index contributed by atoms with van der Waals surface area (Å²) >= 11 is 0. The molecule has 0 spiro atoms. The van der Waals surface area contributed by atoms with E-state index in [-0.39, 0.29) is 12.0 Å². The predicted octanol–water partition coefficient (Wildman–Crippen LogP) is 3.14. The third-order valence-corrected chi connectivity index (χ3v) is 5.10. The molecule has 0 radical (unpaired) electrons. The quantitative estimate of drug-likeness (QED) is 0.646. The Hall–Kier alpha value is -3.50. The zero-order valence-electron chi connectivity index (χ0n) is 15.7. The maximum atomic E-state index is 9.78. The van der Waals surface area contributed by atoms with Gasteiger partial charge in [0.15, 0.2) is 0 Å². The number of hydrogen-bond donors (Lipinski definition) is 3. The lowest BCUT2D eigenvalue weighted by Gasteiger charge is -2.20. The van der Waals surface area contributed by atoms with E-state index in [0.29, 0.717) is 18.1 Å². The van der Waals surface area contributed by atoms with Crippen molar-refractivity contribution in [3.8, 4) is 17.3 Å². The molecular weight excluding hydrogens is 352 g/mol. The molecule has 0 amide bonds. The number of fused-ring (bicyclic) bond motifs is 1. The molecule has 1 unspecified atom stereocenters. The van der Waals surface area contributed by atoms with Gasteiger partial charge in [-0.2, -0.15) is 5.26 Å². The number of anilines is 3. The smallest absolute Gasteiger partial charge is 0.227 e. The SMILES string of the molecule is Cc1ccc(C#N)cc1Nc1nccc(-c2cnc3c(c2)C(C)(CO)CN3)n1. The molecule has 0 saturated heterocycles. The van der Waals surface area contributed by atoms with Gasteiger partial charge in [0, 0.05) is 41.2 Å². The second-order valence-electron chi connectivity index (χ2n) is 7.22. The molecule has 0 saturated carbocycles. The Balaban J connectivity index is 1.67. The number of aliphatic hydroxyl groups is 1. The average molecular weight is 372 g/mol. The van der Waals surface area contributed by atoms with Crippen LogP contribution in [0.3, 0.4) is 0 Å². The summed E-state index contributed by atoms with van der Waals surface area (Å²) in [6.07, 6.45) is 3.45. The monoisotopic (exact) mass is 372 g/mol. The molecule has 1 aromatic carbocycles. The van der Waals surface area contributed by atoms with Gasteiger partial charge in [0.05, 0.1) is 23.9 Å². The summed E-state index contributed by atoms with van der Waals surface area (Å²) < 4.78 is 0. The molecule has 0 aliphatic carbocycles. The lowest BCUT2D eigenvalue weighted by atomic mass is 9.85. The molecule has 0 fully saturated rings. The van der Waals surface area contributed by atoms with Crippen molar-refractivity contribution in [2.75, 3.05) is 23.8 Å². The highest BCUT2D eigenvalue weighted by atomic mass is 16.3.